The van der Waals surface area contributed by atoms with Gasteiger partial charge in [-0.3, -0.25) is 9.89 Å². The molecule has 27 heavy (non-hydrogen) atoms. The summed E-state index contributed by atoms with van der Waals surface area (Å²) in [5.41, 5.74) is 0. The number of thiophene rings is 1. The van der Waals surface area contributed by atoms with Crippen molar-refractivity contribution >= 4 is 22.3 Å². The van der Waals surface area contributed by atoms with Gasteiger partial charge in [-0.25, -0.2) is 0 Å². The Bertz CT molecular complexity index is 557. The molecule has 0 aromatic carbocycles. The Morgan fingerprint density at radius 1 is 1.22 bits per heavy atom. The van der Waals surface area contributed by atoms with Gasteiger partial charge in [-0.05, 0) is 69.1 Å². The maximum atomic E-state index is 4.98. The number of hydrogen-bond acceptors (Lipinski definition) is 4. The molecule has 5 nitrogen and oxygen atoms in total. The van der Waals surface area contributed by atoms with Gasteiger partial charge in [0, 0.05) is 31.7 Å². The van der Waals surface area contributed by atoms with Crippen LogP contribution >= 0.6 is 11.3 Å². The third-order valence-corrected chi connectivity index (χ3v) is 6.74. The van der Waals surface area contributed by atoms with Gasteiger partial charge < -0.3 is 15.5 Å². The summed E-state index contributed by atoms with van der Waals surface area (Å²) in [6, 6.07) is 5.45. The van der Waals surface area contributed by atoms with Gasteiger partial charge in [0.1, 0.15) is 0 Å². The summed E-state index contributed by atoms with van der Waals surface area (Å²) in [4.78, 5) is 10.1. The summed E-state index contributed by atoms with van der Waals surface area (Å²) in [5.74, 6) is 1.64. The minimum Gasteiger partial charge on any atom is -0.363 e. The van der Waals surface area contributed by atoms with E-state index in [1.165, 1.54) is 43.8 Å². The number of guanidine groups is 1. The zero-order valence-corrected chi connectivity index (χ0v) is 18.1. The van der Waals surface area contributed by atoms with E-state index < -0.39 is 0 Å². The smallest absolute Gasteiger partial charge is 0.191 e. The lowest BCUT2D eigenvalue weighted by molar-refractivity contribution is 0.197. The van der Waals surface area contributed by atoms with Gasteiger partial charge in [0.25, 0.3) is 0 Å². The highest BCUT2D eigenvalue weighted by molar-refractivity contribution is 7.14. The molecule has 0 bridgehead atoms. The number of anilines is 1. The number of nitrogens with one attached hydrogen (secondary N) is 2. The standard InChI is InChI=1S/C21H37N5S/c1-4-22-21(23-16-19(17(2)3)25-11-5-6-12-25)24-18-9-13-26(14-10-18)20-8-7-15-27-20/h7-8,15,17-19H,4-6,9-14,16H2,1-3H3,(H2,22,23,24). The van der Waals surface area contributed by atoms with E-state index in [-0.39, 0.29) is 0 Å². The molecule has 1 unspecified atom stereocenters. The Morgan fingerprint density at radius 3 is 2.56 bits per heavy atom. The molecular formula is C21H37N5S. The second kappa shape index (κ2) is 10.3. The van der Waals surface area contributed by atoms with Crippen LogP contribution in [0.15, 0.2) is 22.5 Å². The molecule has 6 heteroatoms. The minimum absolute atomic E-state index is 0.517. The van der Waals surface area contributed by atoms with Crippen molar-refractivity contribution in [3.8, 4) is 0 Å². The van der Waals surface area contributed by atoms with Crippen molar-refractivity contribution in [2.45, 2.75) is 58.5 Å². The number of hydrogen-bond donors (Lipinski definition) is 2. The van der Waals surface area contributed by atoms with Crippen LogP contribution in [0.5, 0.6) is 0 Å². The Labute approximate surface area is 169 Å². The molecular weight excluding hydrogens is 354 g/mol. The van der Waals surface area contributed by atoms with Gasteiger partial charge in [0.2, 0.25) is 0 Å². The molecule has 2 saturated heterocycles. The molecule has 0 saturated carbocycles. The second-order valence-electron chi connectivity index (χ2n) is 8.13. The highest BCUT2D eigenvalue weighted by Gasteiger charge is 2.25. The third-order valence-electron chi connectivity index (χ3n) is 5.81. The number of piperidine rings is 1. The average Bonchev–Trinajstić information content (AvgIpc) is 3.36. The maximum absolute atomic E-state index is 4.98. The van der Waals surface area contributed by atoms with Gasteiger partial charge in [-0.2, -0.15) is 0 Å². The quantitative estimate of drug-likeness (QED) is 0.552. The van der Waals surface area contributed by atoms with Crippen LogP contribution in [0.25, 0.3) is 0 Å². The van der Waals surface area contributed by atoms with E-state index in [4.69, 9.17) is 4.99 Å². The molecule has 2 aliphatic heterocycles. The zero-order valence-electron chi connectivity index (χ0n) is 17.3. The second-order valence-corrected chi connectivity index (χ2v) is 9.06. The third kappa shape index (κ3) is 5.85. The Morgan fingerprint density at radius 2 is 1.96 bits per heavy atom. The maximum Gasteiger partial charge on any atom is 0.191 e. The van der Waals surface area contributed by atoms with Crippen molar-refractivity contribution < 1.29 is 0 Å². The first kappa shape index (κ1) is 20.5. The predicted molar refractivity (Wildman–Crippen MR) is 118 cm³/mol. The number of rotatable bonds is 7. The molecule has 1 atom stereocenters. The van der Waals surface area contributed by atoms with Crippen LogP contribution in [0.2, 0.25) is 0 Å². The Kier molecular flexibility index (Phi) is 7.82. The van der Waals surface area contributed by atoms with Crippen molar-refractivity contribution in [1.82, 2.24) is 15.5 Å². The molecule has 1 aromatic heterocycles. The van der Waals surface area contributed by atoms with Crippen molar-refractivity contribution in [2.75, 3.05) is 44.2 Å². The number of nitrogens with zero attached hydrogens (tertiary/aromatic N) is 3. The molecule has 0 spiro atoms. The minimum atomic E-state index is 0.517. The van der Waals surface area contributed by atoms with E-state index in [9.17, 15) is 0 Å². The van der Waals surface area contributed by atoms with E-state index in [1.807, 2.05) is 11.3 Å². The van der Waals surface area contributed by atoms with Gasteiger partial charge >= 0.3 is 0 Å². The first-order valence-electron chi connectivity index (χ1n) is 10.7. The van der Waals surface area contributed by atoms with Crippen LogP contribution in [-0.2, 0) is 0 Å². The van der Waals surface area contributed by atoms with E-state index >= 15 is 0 Å². The van der Waals surface area contributed by atoms with Gasteiger partial charge in [0.05, 0.1) is 11.5 Å². The van der Waals surface area contributed by atoms with Crippen LogP contribution in [0, 0.1) is 5.92 Å². The monoisotopic (exact) mass is 391 g/mol. The summed E-state index contributed by atoms with van der Waals surface area (Å²) in [7, 11) is 0. The lowest BCUT2D eigenvalue weighted by atomic mass is 10.0. The fraction of sp³-hybridized carbons (Fsp3) is 0.762. The summed E-state index contributed by atoms with van der Waals surface area (Å²) >= 11 is 1.84. The van der Waals surface area contributed by atoms with Gasteiger partial charge in [-0.1, -0.05) is 13.8 Å². The highest BCUT2D eigenvalue weighted by atomic mass is 32.1. The van der Waals surface area contributed by atoms with Crippen molar-refractivity contribution in [1.29, 1.82) is 0 Å². The topological polar surface area (TPSA) is 42.9 Å². The molecule has 0 radical (unpaired) electrons. The molecule has 2 fully saturated rings. The molecule has 2 aliphatic rings. The first-order valence-corrected chi connectivity index (χ1v) is 11.6. The van der Waals surface area contributed by atoms with Crippen molar-refractivity contribution in [2.24, 2.45) is 10.9 Å². The Balaban J connectivity index is 1.52. The lowest BCUT2D eigenvalue weighted by Crippen LogP contribution is -2.49. The van der Waals surface area contributed by atoms with Gasteiger partial charge in [-0.15, -0.1) is 11.3 Å². The first-order chi connectivity index (χ1) is 13.2. The fourth-order valence-electron chi connectivity index (χ4n) is 4.21. The molecule has 3 heterocycles. The van der Waals surface area contributed by atoms with E-state index in [2.05, 4.69) is 58.7 Å². The molecule has 0 amide bonds. The normalized spacial score (nSPS) is 21.0. The number of likely N-dealkylation sites (tertiary alicyclic amines) is 1. The molecule has 0 aliphatic carbocycles. The summed E-state index contributed by atoms with van der Waals surface area (Å²) in [5, 5.41) is 10.7. The van der Waals surface area contributed by atoms with E-state index in [0.29, 0.717) is 18.0 Å². The molecule has 2 N–H and O–H groups in total. The largest absolute Gasteiger partial charge is 0.363 e. The van der Waals surface area contributed by atoms with Crippen LogP contribution in [-0.4, -0.2) is 62.2 Å². The summed E-state index contributed by atoms with van der Waals surface area (Å²) in [6.45, 7) is 13.3. The molecule has 1 aromatic rings. The zero-order chi connectivity index (χ0) is 19.1. The Hall–Kier alpha value is -1.27. The lowest BCUT2D eigenvalue weighted by Gasteiger charge is -2.34. The fourth-order valence-corrected chi connectivity index (χ4v) is 5.00. The van der Waals surface area contributed by atoms with E-state index in [1.54, 1.807) is 0 Å². The predicted octanol–water partition coefficient (Wildman–Crippen LogP) is 3.39. The van der Waals surface area contributed by atoms with E-state index in [0.717, 1.165) is 32.1 Å². The summed E-state index contributed by atoms with van der Waals surface area (Å²) in [6.07, 6.45) is 5.02. The van der Waals surface area contributed by atoms with Crippen LogP contribution in [0.3, 0.4) is 0 Å². The summed E-state index contributed by atoms with van der Waals surface area (Å²) < 4.78 is 0. The van der Waals surface area contributed by atoms with Crippen molar-refractivity contribution in [3.63, 3.8) is 0 Å². The van der Waals surface area contributed by atoms with Crippen molar-refractivity contribution in [3.05, 3.63) is 17.5 Å². The van der Waals surface area contributed by atoms with Crippen LogP contribution in [0.1, 0.15) is 46.5 Å². The SMILES string of the molecule is CCNC(=NCC(C(C)C)N1CCCC1)NC1CCN(c2cccs2)CC1. The molecule has 152 valence electrons. The average molecular weight is 392 g/mol. The molecule has 3 rings (SSSR count). The number of aliphatic imine (C=N–C) groups is 1. The van der Waals surface area contributed by atoms with Crippen LogP contribution in [0.4, 0.5) is 5.00 Å². The van der Waals surface area contributed by atoms with Gasteiger partial charge in [0.15, 0.2) is 5.96 Å². The highest BCUT2D eigenvalue weighted by Crippen LogP contribution is 2.24. The van der Waals surface area contributed by atoms with Crippen LogP contribution < -0.4 is 15.5 Å².